The summed E-state index contributed by atoms with van der Waals surface area (Å²) in [6.07, 6.45) is 2.81. The molecule has 0 spiro atoms. The lowest BCUT2D eigenvalue weighted by Crippen LogP contribution is -2.17. The predicted molar refractivity (Wildman–Crippen MR) is 73.6 cm³/mol. The van der Waals surface area contributed by atoms with E-state index in [1.54, 1.807) is 0 Å². The van der Waals surface area contributed by atoms with Crippen LogP contribution in [0.1, 0.15) is 35.6 Å². The fourth-order valence-electron chi connectivity index (χ4n) is 1.72. The molecule has 7 heteroatoms. The number of hydrogen-bond donors (Lipinski definition) is 2. The Balaban J connectivity index is 2.19. The van der Waals surface area contributed by atoms with Crippen LogP contribution in [-0.2, 0) is 12.8 Å². The third-order valence-electron chi connectivity index (χ3n) is 2.78. The Morgan fingerprint density at radius 2 is 1.95 bits per heavy atom. The summed E-state index contributed by atoms with van der Waals surface area (Å²) in [5.41, 5.74) is 1.71. The van der Waals surface area contributed by atoms with E-state index in [4.69, 9.17) is 0 Å². The number of rotatable bonds is 4. The number of nitrogens with zero attached hydrogens (tertiary/aromatic N) is 3. The van der Waals surface area contributed by atoms with Crippen molar-refractivity contribution in [1.29, 1.82) is 0 Å². The summed E-state index contributed by atoms with van der Waals surface area (Å²) in [5, 5.41) is 10.5. The highest BCUT2D eigenvalue weighted by molar-refractivity contribution is 6.02. The van der Waals surface area contributed by atoms with Crippen molar-refractivity contribution in [1.82, 2.24) is 20.2 Å². The maximum atomic E-state index is 11.9. The van der Waals surface area contributed by atoms with E-state index in [0.29, 0.717) is 5.56 Å². The van der Waals surface area contributed by atoms with Gasteiger partial charge in [0.2, 0.25) is 11.5 Å². The molecule has 0 aliphatic rings. The van der Waals surface area contributed by atoms with E-state index >= 15 is 0 Å². The molecule has 0 saturated heterocycles. The van der Waals surface area contributed by atoms with E-state index < -0.39 is 5.91 Å². The van der Waals surface area contributed by atoms with Crippen molar-refractivity contribution in [3.05, 3.63) is 45.6 Å². The first-order chi connectivity index (χ1) is 9.63. The van der Waals surface area contributed by atoms with Gasteiger partial charge < -0.3 is 4.98 Å². The predicted octanol–water partition coefficient (Wildman–Crippen LogP) is 0.937. The molecule has 1 amide bonds. The van der Waals surface area contributed by atoms with Gasteiger partial charge in [-0.1, -0.05) is 13.8 Å². The van der Waals surface area contributed by atoms with Crippen LogP contribution in [0.25, 0.3) is 0 Å². The number of anilines is 1. The standard InChI is InChI=1S/C13H15N5O2/c1-3-9-10(4-2)17-18-13(15-9)16-12(20)8-5-6-11(19)14-7-8/h5-7H,3-4H2,1-2H3,(H,14,19)(H,15,16,18,20). The van der Waals surface area contributed by atoms with Crippen LogP contribution in [-0.4, -0.2) is 26.1 Å². The van der Waals surface area contributed by atoms with Crippen molar-refractivity contribution in [2.75, 3.05) is 5.32 Å². The van der Waals surface area contributed by atoms with Crippen LogP contribution >= 0.6 is 0 Å². The van der Waals surface area contributed by atoms with E-state index in [1.165, 1.54) is 18.3 Å². The van der Waals surface area contributed by atoms with Gasteiger partial charge in [-0.25, -0.2) is 4.98 Å². The molecule has 0 atom stereocenters. The molecule has 0 fully saturated rings. The Labute approximate surface area is 115 Å². The van der Waals surface area contributed by atoms with Crippen LogP contribution in [0.5, 0.6) is 0 Å². The van der Waals surface area contributed by atoms with Crippen molar-refractivity contribution in [3.8, 4) is 0 Å². The number of nitrogens with one attached hydrogen (secondary N) is 2. The normalized spacial score (nSPS) is 10.3. The maximum Gasteiger partial charge on any atom is 0.259 e. The zero-order chi connectivity index (χ0) is 14.5. The summed E-state index contributed by atoms with van der Waals surface area (Å²) in [6, 6.07) is 2.72. The SMILES string of the molecule is CCc1nnc(NC(=O)c2ccc(=O)[nH]c2)nc1CC. The van der Waals surface area contributed by atoms with Gasteiger partial charge in [-0.3, -0.25) is 14.9 Å². The highest BCUT2D eigenvalue weighted by Crippen LogP contribution is 2.07. The molecule has 0 unspecified atom stereocenters. The molecule has 20 heavy (non-hydrogen) atoms. The summed E-state index contributed by atoms with van der Waals surface area (Å²) < 4.78 is 0. The lowest BCUT2D eigenvalue weighted by Gasteiger charge is -2.06. The lowest BCUT2D eigenvalue weighted by molar-refractivity contribution is 0.102. The van der Waals surface area contributed by atoms with E-state index in [-0.39, 0.29) is 11.5 Å². The van der Waals surface area contributed by atoms with Crippen molar-refractivity contribution < 1.29 is 4.79 Å². The van der Waals surface area contributed by atoms with Gasteiger partial charge in [0.1, 0.15) is 0 Å². The van der Waals surface area contributed by atoms with E-state index in [9.17, 15) is 9.59 Å². The Bertz CT molecular complexity index is 660. The molecular weight excluding hydrogens is 258 g/mol. The number of aromatic amines is 1. The molecule has 2 N–H and O–H groups in total. The number of pyridine rings is 1. The van der Waals surface area contributed by atoms with Crippen molar-refractivity contribution >= 4 is 11.9 Å². The van der Waals surface area contributed by atoms with Gasteiger partial charge in [-0.15, -0.1) is 10.2 Å². The van der Waals surface area contributed by atoms with Crippen molar-refractivity contribution in [2.45, 2.75) is 26.7 Å². The number of hydrogen-bond acceptors (Lipinski definition) is 5. The Morgan fingerprint density at radius 3 is 2.55 bits per heavy atom. The van der Waals surface area contributed by atoms with Gasteiger partial charge in [0, 0.05) is 12.3 Å². The minimum Gasteiger partial charge on any atom is -0.328 e. The van der Waals surface area contributed by atoms with Gasteiger partial charge in [0.15, 0.2) is 0 Å². The summed E-state index contributed by atoms with van der Waals surface area (Å²) in [4.78, 5) is 29.6. The lowest BCUT2D eigenvalue weighted by atomic mass is 10.2. The highest BCUT2D eigenvalue weighted by Gasteiger charge is 2.10. The fraction of sp³-hybridized carbons (Fsp3) is 0.308. The highest BCUT2D eigenvalue weighted by atomic mass is 16.2. The average molecular weight is 273 g/mol. The molecule has 2 heterocycles. The first kappa shape index (κ1) is 13.9. The van der Waals surface area contributed by atoms with E-state index in [1.807, 2.05) is 13.8 Å². The van der Waals surface area contributed by atoms with Crippen molar-refractivity contribution in [2.24, 2.45) is 0 Å². The fourth-order valence-corrected chi connectivity index (χ4v) is 1.72. The van der Waals surface area contributed by atoms with Crippen LogP contribution in [0.3, 0.4) is 0 Å². The molecule has 0 aliphatic carbocycles. The topological polar surface area (TPSA) is 101 Å². The zero-order valence-electron chi connectivity index (χ0n) is 11.3. The minimum absolute atomic E-state index is 0.162. The summed E-state index contributed by atoms with van der Waals surface area (Å²) >= 11 is 0. The Hall–Kier alpha value is -2.57. The Morgan fingerprint density at radius 1 is 1.20 bits per heavy atom. The second-order valence-electron chi connectivity index (χ2n) is 4.13. The van der Waals surface area contributed by atoms with Crippen LogP contribution < -0.4 is 10.9 Å². The maximum absolute atomic E-state index is 11.9. The van der Waals surface area contributed by atoms with Gasteiger partial charge in [0.25, 0.3) is 5.91 Å². The number of aryl methyl sites for hydroxylation is 2. The molecule has 0 bridgehead atoms. The first-order valence-corrected chi connectivity index (χ1v) is 6.36. The van der Waals surface area contributed by atoms with Gasteiger partial charge in [-0.2, -0.15) is 0 Å². The third kappa shape index (κ3) is 3.05. The van der Waals surface area contributed by atoms with Crippen molar-refractivity contribution in [3.63, 3.8) is 0 Å². The van der Waals surface area contributed by atoms with E-state index in [0.717, 1.165) is 24.2 Å². The monoisotopic (exact) mass is 273 g/mol. The quantitative estimate of drug-likeness (QED) is 0.863. The number of carbonyl (C=O) groups excluding carboxylic acids is 1. The number of carbonyl (C=O) groups is 1. The molecule has 0 saturated carbocycles. The van der Waals surface area contributed by atoms with E-state index in [2.05, 4.69) is 25.5 Å². The number of amides is 1. The minimum atomic E-state index is -0.394. The zero-order valence-corrected chi connectivity index (χ0v) is 11.3. The smallest absolute Gasteiger partial charge is 0.259 e. The number of aromatic nitrogens is 4. The summed E-state index contributed by atoms with van der Waals surface area (Å²) in [6.45, 7) is 3.94. The molecule has 7 nitrogen and oxygen atoms in total. The molecule has 104 valence electrons. The van der Waals surface area contributed by atoms with Crippen LogP contribution in [0.2, 0.25) is 0 Å². The second-order valence-corrected chi connectivity index (χ2v) is 4.13. The molecule has 2 rings (SSSR count). The van der Waals surface area contributed by atoms with Gasteiger partial charge >= 0.3 is 0 Å². The van der Waals surface area contributed by atoms with Crippen LogP contribution in [0.4, 0.5) is 5.95 Å². The largest absolute Gasteiger partial charge is 0.328 e. The van der Waals surface area contributed by atoms with Gasteiger partial charge in [-0.05, 0) is 18.9 Å². The third-order valence-corrected chi connectivity index (χ3v) is 2.78. The first-order valence-electron chi connectivity index (χ1n) is 6.36. The molecule has 0 aliphatic heterocycles. The average Bonchev–Trinajstić information content (AvgIpc) is 2.47. The second kappa shape index (κ2) is 6.05. The van der Waals surface area contributed by atoms with Crippen LogP contribution in [0, 0.1) is 0 Å². The summed E-state index contributed by atoms with van der Waals surface area (Å²) in [7, 11) is 0. The Kier molecular flexibility index (Phi) is 4.19. The molecule has 2 aromatic heterocycles. The molecule has 2 aromatic rings. The molecule has 0 aromatic carbocycles. The number of H-pyrrole nitrogens is 1. The summed E-state index contributed by atoms with van der Waals surface area (Å²) in [5.74, 6) is -0.232. The molecular formula is C13H15N5O2. The van der Waals surface area contributed by atoms with Crippen LogP contribution in [0.15, 0.2) is 23.1 Å². The van der Waals surface area contributed by atoms with Gasteiger partial charge in [0.05, 0.1) is 17.0 Å². The molecule has 0 radical (unpaired) electrons.